The molecule has 0 aromatic rings. The van der Waals surface area contributed by atoms with Crippen LogP contribution in [0.3, 0.4) is 0 Å². The minimum Gasteiger partial charge on any atom is -0.481 e. The summed E-state index contributed by atoms with van der Waals surface area (Å²) in [5, 5.41) is 8.70. The summed E-state index contributed by atoms with van der Waals surface area (Å²) in [6.07, 6.45) is 4.84. The Bertz CT molecular complexity index is 166. The standard InChI is InChI=1S/C10H18O3/c1-2-13-9-6-4-3-5-8(9)7-10(11)12/h8-9H,2-7H2,1H3,(H,11,12)/t8-,9+/m1/s1. The zero-order valence-electron chi connectivity index (χ0n) is 8.16. The summed E-state index contributed by atoms with van der Waals surface area (Å²) in [5.74, 6) is -0.456. The molecule has 1 N–H and O–H groups in total. The Morgan fingerprint density at radius 2 is 2.15 bits per heavy atom. The van der Waals surface area contributed by atoms with Crippen molar-refractivity contribution >= 4 is 5.97 Å². The van der Waals surface area contributed by atoms with Crippen LogP contribution in [0.2, 0.25) is 0 Å². The predicted molar refractivity (Wildman–Crippen MR) is 49.6 cm³/mol. The van der Waals surface area contributed by atoms with Crippen LogP contribution in [0, 0.1) is 5.92 Å². The van der Waals surface area contributed by atoms with Gasteiger partial charge in [-0.3, -0.25) is 4.79 Å². The summed E-state index contributed by atoms with van der Waals surface area (Å²) in [6, 6.07) is 0. The van der Waals surface area contributed by atoms with Crippen molar-refractivity contribution in [3.8, 4) is 0 Å². The number of hydrogen-bond acceptors (Lipinski definition) is 2. The van der Waals surface area contributed by atoms with Crippen LogP contribution < -0.4 is 0 Å². The quantitative estimate of drug-likeness (QED) is 0.731. The largest absolute Gasteiger partial charge is 0.481 e. The normalized spacial score (nSPS) is 28.7. The van der Waals surface area contributed by atoms with Gasteiger partial charge in [-0.15, -0.1) is 0 Å². The first-order valence-electron chi connectivity index (χ1n) is 5.07. The highest BCUT2D eigenvalue weighted by molar-refractivity contribution is 5.67. The fourth-order valence-electron chi connectivity index (χ4n) is 2.06. The van der Waals surface area contributed by atoms with Crippen molar-refractivity contribution < 1.29 is 14.6 Å². The number of aliphatic carboxylic acids is 1. The maximum atomic E-state index is 10.6. The van der Waals surface area contributed by atoms with E-state index in [0.717, 1.165) is 19.3 Å². The van der Waals surface area contributed by atoms with Crippen LogP contribution >= 0.6 is 0 Å². The molecule has 13 heavy (non-hydrogen) atoms. The van der Waals surface area contributed by atoms with Crippen LogP contribution in [0.25, 0.3) is 0 Å². The number of carboxylic acid groups (broad SMARTS) is 1. The molecule has 0 spiro atoms. The van der Waals surface area contributed by atoms with Gasteiger partial charge in [0.15, 0.2) is 0 Å². The molecule has 2 atom stereocenters. The SMILES string of the molecule is CCO[C@H]1CCCC[C@@H]1CC(=O)O. The lowest BCUT2D eigenvalue weighted by atomic mass is 9.84. The Morgan fingerprint density at radius 3 is 2.77 bits per heavy atom. The van der Waals surface area contributed by atoms with Crippen molar-refractivity contribution in [3.63, 3.8) is 0 Å². The van der Waals surface area contributed by atoms with Crippen molar-refractivity contribution in [3.05, 3.63) is 0 Å². The second kappa shape index (κ2) is 5.22. The Kier molecular flexibility index (Phi) is 4.22. The maximum absolute atomic E-state index is 10.6. The van der Waals surface area contributed by atoms with Gasteiger partial charge in [-0.25, -0.2) is 0 Å². The lowest BCUT2D eigenvalue weighted by molar-refractivity contribution is -0.140. The monoisotopic (exact) mass is 186 g/mol. The Morgan fingerprint density at radius 1 is 1.46 bits per heavy atom. The van der Waals surface area contributed by atoms with Crippen LogP contribution in [0.5, 0.6) is 0 Å². The van der Waals surface area contributed by atoms with Crippen LogP contribution in [-0.4, -0.2) is 23.8 Å². The third kappa shape index (κ3) is 3.35. The van der Waals surface area contributed by atoms with Gasteiger partial charge in [0.1, 0.15) is 0 Å². The van der Waals surface area contributed by atoms with Crippen LogP contribution in [0.4, 0.5) is 0 Å². The average Bonchev–Trinajstić information content (AvgIpc) is 2.08. The Balaban J connectivity index is 2.41. The second-order valence-corrected chi connectivity index (χ2v) is 3.64. The minimum atomic E-state index is -0.698. The van der Waals surface area contributed by atoms with Gasteiger partial charge >= 0.3 is 5.97 Å². The summed E-state index contributed by atoms with van der Waals surface area (Å²) < 4.78 is 5.53. The molecular formula is C10H18O3. The topological polar surface area (TPSA) is 46.5 Å². The first-order chi connectivity index (χ1) is 6.24. The van der Waals surface area contributed by atoms with E-state index < -0.39 is 5.97 Å². The third-order valence-electron chi connectivity index (χ3n) is 2.66. The number of carboxylic acids is 1. The highest BCUT2D eigenvalue weighted by atomic mass is 16.5. The molecule has 0 radical (unpaired) electrons. The first-order valence-corrected chi connectivity index (χ1v) is 5.07. The molecule has 1 fully saturated rings. The Labute approximate surface area is 79.1 Å². The van der Waals surface area contributed by atoms with Gasteiger partial charge in [-0.1, -0.05) is 12.8 Å². The number of ether oxygens (including phenoxy) is 1. The second-order valence-electron chi connectivity index (χ2n) is 3.64. The molecule has 0 bridgehead atoms. The van der Waals surface area contributed by atoms with E-state index in [1.165, 1.54) is 6.42 Å². The summed E-state index contributed by atoms with van der Waals surface area (Å²) in [4.78, 5) is 10.6. The molecule has 0 aromatic carbocycles. The molecule has 76 valence electrons. The fourth-order valence-corrected chi connectivity index (χ4v) is 2.06. The minimum absolute atomic E-state index is 0.190. The van der Waals surface area contributed by atoms with E-state index in [2.05, 4.69) is 0 Å². The van der Waals surface area contributed by atoms with Gasteiger partial charge in [-0.2, -0.15) is 0 Å². The molecule has 1 aliphatic rings. The van der Waals surface area contributed by atoms with E-state index in [9.17, 15) is 4.79 Å². The molecule has 1 aliphatic carbocycles. The van der Waals surface area contributed by atoms with E-state index in [0.29, 0.717) is 6.61 Å². The van der Waals surface area contributed by atoms with Crippen LogP contribution in [0.1, 0.15) is 39.0 Å². The van der Waals surface area contributed by atoms with Gasteiger partial charge in [0.25, 0.3) is 0 Å². The third-order valence-corrected chi connectivity index (χ3v) is 2.66. The zero-order valence-corrected chi connectivity index (χ0v) is 8.16. The molecule has 0 unspecified atom stereocenters. The predicted octanol–water partition coefficient (Wildman–Crippen LogP) is 2.06. The molecule has 3 heteroatoms. The van der Waals surface area contributed by atoms with Gasteiger partial charge in [0, 0.05) is 6.61 Å². The van der Waals surface area contributed by atoms with E-state index >= 15 is 0 Å². The molecule has 0 amide bonds. The summed E-state index contributed by atoms with van der Waals surface area (Å²) in [6.45, 7) is 2.66. The molecule has 0 aliphatic heterocycles. The van der Waals surface area contributed by atoms with Gasteiger partial charge in [0.2, 0.25) is 0 Å². The van der Waals surface area contributed by atoms with Crippen molar-refractivity contribution in [1.29, 1.82) is 0 Å². The number of rotatable bonds is 4. The fraction of sp³-hybridized carbons (Fsp3) is 0.900. The van der Waals surface area contributed by atoms with Gasteiger partial charge in [-0.05, 0) is 25.7 Å². The number of carbonyl (C=O) groups is 1. The van der Waals surface area contributed by atoms with Gasteiger partial charge in [0.05, 0.1) is 12.5 Å². The lowest BCUT2D eigenvalue weighted by Gasteiger charge is -2.30. The summed E-state index contributed by atoms with van der Waals surface area (Å²) >= 11 is 0. The molecule has 1 saturated carbocycles. The smallest absolute Gasteiger partial charge is 0.303 e. The summed E-state index contributed by atoms with van der Waals surface area (Å²) in [5.41, 5.74) is 0. The average molecular weight is 186 g/mol. The van der Waals surface area contributed by atoms with Crippen molar-refractivity contribution in [2.75, 3.05) is 6.61 Å². The Hall–Kier alpha value is -0.570. The summed E-state index contributed by atoms with van der Waals surface area (Å²) in [7, 11) is 0. The van der Waals surface area contributed by atoms with E-state index in [1.807, 2.05) is 6.92 Å². The van der Waals surface area contributed by atoms with Crippen molar-refractivity contribution in [2.45, 2.75) is 45.1 Å². The molecule has 3 nitrogen and oxygen atoms in total. The lowest BCUT2D eigenvalue weighted by Crippen LogP contribution is -2.29. The van der Waals surface area contributed by atoms with Crippen molar-refractivity contribution in [1.82, 2.24) is 0 Å². The number of hydrogen-bond donors (Lipinski definition) is 1. The first kappa shape index (κ1) is 10.5. The molecular weight excluding hydrogens is 168 g/mol. The van der Waals surface area contributed by atoms with E-state index in [-0.39, 0.29) is 18.4 Å². The molecule has 1 rings (SSSR count). The van der Waals surface area contributed by atoms with Gasteiger partial charge < -0.3 is 9.84 Å². The molecule has 0 saturated heterocycles. The zero-order chi connectivity index (χ0) is 9.68. The molecule has 0 heterocycles. The highest BCUT2D eigenvalue weighted by Crippen LogP contribution is 2.29. The highest BCUT2D eigenvalue weighted by Gasteiger charge is 2.27. The van der Waals surface area contributed by atoms with E-state index in [4.69, 9.17) is 9.84 Å². The maximum Gasteiger partial charge on any atom is 0.303 e. The molecule has 0 aromatic heterocycles. The van der Waals surface area contributed by atoms with Crippen molar-refractivity contribution in [2.24, 2.45) is 5.92 Å². The van der Waals surface area contributed by atoms with E-state index in [1.54, 1.807) is 0 Å². The van der Waals surface area contributed by atoms with Crippen LogP contribution in [0.15, 0.2) is 0 Å². The van der Waals surface area contributed by atoms with Crippen LogP contribution in [-0.2, 0) is 9.53 Å².